The topological polar surface area (TPSA) is 95.8 Å². The van der Waals surface area contributed by atoms with Crippen LogP contribution in [0.3, 0.4) is 0 Å². The second-order valence-corrected chi connectivity index (χ2v) is 20.0. The van der Waals surface area contributed by atoms with E-state index in [0.717, 1.165) is 76.9 Å². The quantitative estimate of drug-likeness (QED) is 0.0353. The van der Waals surface area contributed by atoms with Gasteiger partial charge in [0, 0.05) is 31.2 Å². The van der Waals surface area contributed by atoms with Crippen LogP contribution in [0.5, 0.6) is 0 Å². The molecular weight excluding hydrogens is 885 g/mol. The highest BCUT2D eigenvalue weighted by Gasteiger charge is 2.15. The van der Waals surface area contributed by atoms with E-state index in [4.69, 9.17) is 39.4 Å². The van der Waals surface area contributed by atoms with Crippen molar-refractivity contribution in [1.29, 1.82) is 0 Å². The van der Waals surface area contributed by atoms with Gasteiger partial charge in [0.05, 0.1) is 58.8 Å². The molecule has 0 aliphatic carbocycles. The molecule has 1 aromatic carbocycles. The summed E-state index contributed by atoms with van der Waals surface area (Å²) >= 11 is 0. The highest BCUT2D eigenvalue weighted by Crippen LogP contribution is 2.29. The Morgan fingerprint density at radius 3 is 1.00 bits per heavy atom. The molecular formula is C64H88N6O2. The minimum atomic E-state index is 0.566. The van der Waals surface area contributed by atoms with Crippen LogP contribution in [0.25, 0.3) is 56.9 Å². The van der Waals surface area contributed by atoms with Gasteiger partial charge in [-0.25, -0.2) is 19.9 Å². The predicted octanol–water partition coefficient (Wildman–Crippen LogP) is 18.4. The molecule has 5 heterocycles. The predicted molar refractivity (Wildman–Crippen MR) is 300 cm³/mol. The molecule has 0 radical (unpaired) electrons. The van der Waals surface area contributed by atoms with Crippen molar-refractivity contribution in [2.75, 3.05) is 13.2 Å². The van der Waals surface area contributed by atoms with Gasteiger partial charge >= 0.3 is 0 Å². The van der Waals surface area contributed by atoms with E-state index >= 15 is 0 Å². The number of benzene rings is 1. The molecule has 0 spiro atoms. The summed E-state index contributed by atoms with van der Waals surface area (Å²) in [7, 11) is 0. The molecule has 0 aliphatic rings. The molecule has 0 saturated carbocycles. The number of hydrogen-bond acceptors (Lipinski definition) is 8. The van der Waals surface area contributed by atoms with Crippen molar-refractivity contribution in [3.8, 4) is 56.9 Å². The maximum absolute atomic E-state index is 6.04. The number of hydrogen-bond donors (Lipinski definition) is 0. The Bertz CT molecular complexity index is 2180. The highest BCUT2D eigenvalue weighted by molar-refractivity contribution is 5.71. The molecule has 0 unspecified atom stereocenters. The SMILES string of the molecule is CCCCCCCCCCCCCCCCOCc1ccc(-c2cccc(-c3cc(-c4cccc(-c5ccc(COCCCCCCCCCCCCCCCC)cn5)n4)nc(-c4ccccc4)n3)n2)nc1. The second kappa shape index (κ2) is 35.1. The summed E-state index contributed by atoms with van der Waals surface area (Å²) in [6, 6.07) is 32.3. The van der Waals surface area contributed by atoms with Crippen LogP contribution < -0.4 is 0 Å². The van der Waals surface area contributed by atoms with Gasteiger partial charge in [-0.15, -0.1) is 0 Å². The molecule has 386 valence electrons. The van der Waals surface area contributed by atoms with Crippen LogP contribution in [0.1, 0.15) is 205 Å². The van der Waals surface area contributed by atoms with Crippen molar-refractivity contribution in [2.24, 2.45) is 0 Å². The average Bonchev–Trinajstić information content (AvgIpc) is 3.43. The lowest BCUT2D eigenvalue weighted by Crippen LogP contribution is -2.00. The first-order valence-electron chi connectivity index (χ1n) is 28.7. The summed E-state index contributed by atoms with van der Waals surface area (Å²) < 4.78 is 12.1. The maximum Gasteiger partial charge on any atom is 0.160 e. The smallest absolute Gasteiger partial charge is 0.160 e. The fraction of sp³-hybridized carbons (Fsp3) is 0.531. The van der Waals surface area contributed by atoms with E-state index in [2.05, 4.69) is 26.0 Å². The Balaban J connectivity index is 0.950. The summed E-state index contributed by atoms with van der Waals surface area (Å²) in [5.74, 6) is 0.607. The third-order valence-electron chi connectivity index (χ3n) is 13.8. The fourth-order valence-electron chi connectivity index (χ4n) is 9.37. The molecule has 8 heteroatoms. The van der Waals surface area contributed by atoms with E-state index < -0.39 is 0 Å². The molecule has 6 rings (SSSR count). The first-order chi connectivity index (χ1) is 35.7. The molecule has 0 aliphatic heterocycles. The Labute approximate surface area is 435 Å². The molecule has 0 saturated heterocycles. The number of aromatic nitrogens is 6. The van der Waals surface area contributed by atoms with Crippen LogP contribution in [0.15, 0.2) is 109 Å². The second-order valence-electron chi connectivity index (χ2n) is 20.0. The summed E-state index contributed by atoms with van der Waals surface area (Å²) in [5.41, 5.74) is 9.08. The molecule has 0 atom stereocenters. The summed E-state index contributed by atoms with van der Waals surface area (Å²) in [6.45, 7) is 7.28. The average molecular weight is 973 g/mol. The van der Waals surface area contributed by atoms with Crippen LogP contribution in [0.4, 0.5) is 0 Å². The zero-order chi connectivity index (χ0) is 49.9. The Morgan fingerprint density at radius 1 is 0.306 bits per heavy atom. The van der Waals surface area contributed by atoms with Crippen LogP contribution in [0.2, 0.25) is 0 Å². The Morgan fingerprint density at radius 2 is 0.653 bits per heavy atom. The third kappa shape index (κ3) is 21.5. The van der Waals surface area contributed by atoms with Gasteiger partial charge < -0.3 is 9.47 Å². The van der Waals surface area contributed by atoms with Crippen molar-refractivity contribution in [2.45, 2.75) is 207 Å². The number of rotatable bonds is 39. The fourth-order valence-corrected chi connectivity index (χ4v) is 9.37. The van der Waals surface area contributed by atoms with E-state index in [-0.39, 0.29) is 0 Å². The van der Waals surface area contributed by atoms with Crippen molar-refractivity contribution in [1.82, 2.24) is 29.9 Å². The molecule has 0 amide bonds. The summed E-state index contributed by atoms with van der Waals surface area (Å²) in [5, 5.41) is 0. The van der Waals surface area contributed by atoms with Gasteiger partial charge in [-0.05, 0) is 66.4 Å². The van der Waals surface area contributed by atoms with Crippen LogP contribution in [-0.4, -0.2) is 43.1 Å². The lowest BCUT2D eigenvalue weighted by atomic mass is 10.0. The number of pyridine rings is 4. The van der Waals surface area contributed by atoms with Gasteiger partial charge in [0.1, 0.15) is 0 Å². The summed E-state index contributed by atoms with van der Waals surface area (Å²) in [6.07, 6.45) is 41.8. The van der Waals surface area contributed by atoms with E-state index in [0.29, 0.717) is 30.4 Å². The van der Waals surface area contributed by atoms with Crippen molar-refractivity contribution in [3.05, 3.63) is 121 Å². The molecule has 6 aromatic rings. The molecule has 0 bridgehead atoms. The molecule has 0 N–H and O–H groups in total. The minimum absolute atomic E-state index is 0.566. The van der Waals surface area contributed by atoms with E-state index in [1.807, 2.05) is 97.3 Å². The highest BCUT2D eigenvalue weighted by atomic mass is 16.5. The zero-order valence-corrected chi connectivity index (χ0v) is 44.5. The third-order valence-corrected chi connectivity index (χ3v) is 13.8. The Kier molecular flexibility index (Phi) is 27.3. The number of ether oxygens (including phenoxy) is 2. The molecule has 5 aromatic heterocycles. The first-order valence-corrected chi connectivity index (χ1v) is 28.7. The largest absolute Gasteiger partial charge is 0.377 e. The lowest BCUT2D eigenvalue weighted by molar-refractivity contribution is 0.116. The standard InChI is InChI=1S/C64H88N6O2/c1-3-5-7-9-11-13-15-17-19-21-23-25-27-32-46-71-51-53-42-44-56(65-49-53)58-38-34-40-60(67-58)62-48-63(70-64(69-62)55-36-30-29-31-37-55)61-41-35-39-59(68-61)57-45-43-54(50-66-57)52-72-47-33-28-26-24-22-20-18-16-14-12-10-8-6-4-2/h29-31,34-45,48-50H,3-28,32-33,46-47,51-52H2,1-2H3. The first kappa shape index (κ1) is 56.1. The van der Waals surface area contributed by atoms with Gasteiger partial charge in [0.2, 0.25) is 0 Å². The minimum Gasteiger partial charge on any atom is -0.377 e. The number of nitrogens with zero attached hydrogens (tertiary/aromatic N) is 6. The van der Waals surface area contributed by atoms with Crippen molar-refractivity contribution in [3.63, 3.8) is 0 Å². The van der Waals surface area contributed by atoms with Crippen LogP contribution in [0, 0.1) is 0 Å². The number of unbranched alkanes of at least 4 members (excludes halogenated alkanes) is 26. The van der Waals surface area contributed by atoms with E-state index in [9.17, 15) is 0 Å². The van der Waals surface area contributed by atoms with Crippen LogP contribution >= 0.6 is 0 Å². The van der Waals surface area contributed by atoms with Gasteiger partial charge in [0.15, 0.2) is 5.82 Å². The Hall–Kier alpha value is -5.18. The lowest BCUT2D eigenvalue weighted by Gasteiger charge is -2.10. The molecule has 72 heavy (non-hydrogen) atoms. The van der Waals surface area contributed by atoms with Gasteiger partial charge in [0.25, 0.3) is 0 Å². The normalized spacial score (nSPS) is 11.4. The van der Waals surface area contributed by atoms with Gasteiger partial charge in [-0.1, -0.05) is 235 Å². The molecule has 0 fully saturated rings. The monoisotopic (exact) mass is 973 g/mol. The summed E-state index contributed by atoms with van der Waals surface area (Å²) in [4.78, 5) is 29.8. The maximum atomic E-state index is 6.04. The zero-order valence-electron chi connectivity index (χ0n) is 44.5. The van der Waals surface area contributed by atoms with Gasteiger partial charge in [-0.2, -0.15) is 0 Å². The van der Waals surface area contributed by atoms with Crippen molar-refractivity contribution < 1.29 is 9.47 Å². The van der Waals surface area contributed by atoms with Crippen LogP contribution in [-0.2, 0) is 22.7 Å². The van der Waals surface area contributed by atoms with Crippen molar-refractivity contribution >= 4 is 0 Å². The van der Waals surface area contributed by atoms with E-state index in [1.165, 1.54) is 167 Å². The van der Waals surface area contributed by atoms with Gasteiger partial charge in [-0.3, -0.25) is 9.97 Å². The molecule has 8 nitrogen and oxygen atoms in total. The van der Waals surface area contributed by atoms with E-state index in [1.54, 1.807) is 0 Å².